The third-order valence-corrected chi connectivity index (χ3v) is 5.32. The van der Waals surface area contributed by atoms with Gasteiger partial charge in [0.2, 0.25) is 0 Å². The summed E-state index contributed by atoms with van der Waals surface area (Å²) in [4.78, 5) is 15.2. The Balaban J connectivity index is 1.50. The second-order valence-electron chi connectivity index (χ2n) is 6.58. The Morgan fingerprint density at radius 2 is 1.89 bits per heavy atom. The number of rotatable bonds is 5. The zero-order chi connectivity index (χ0) is 18.6. The van der Waals surface area contributed by atoms with E-state index in [-0.39, 0.29) is 5.43 Å². The standard InChI is InChI=1S/C21H21BrN2O3/c22-16-3-1-15(2-4-16)19-14-27-20-13-17(5-6-18(20)21(19)25)26-12-11-24-9-7-23-8-10-24/h1-6,13-14,23H,7-12H2. The van der Waals surface area contributed by atoms with E-state index in [9.17, 15) is 4.79 Å². The fourth-order valence-electron chi connectivity index (χ4n) is 3.25. The van der Waals surface area contributed by atoms with E-state index in [1.807, 2.05) is 30.3 Å². The lowest BCUT2D eigenvalue weighted by Crippen LogP contribution is -2.44. The third kappa shape index (κ3) is 4.24. The first-order valence-electron chi connectivity index (χ1n) is 9.08. The van der Waals surface area contributed by atoms with Gasteiger partial charge in [-0.2, -0.15) is 0 Å². The van der Waals surface area contributed by atoms with Crippen LogP contribution in [-0.2, 0) is 0 Å². The second-order valence-corrected chi connectivity index (χ2v) is 7.50. The van der Waals surface area contributed by atoms with Gasteiger partial charge in [-0.3, -0.25) is 9.69 Å². The van der Waals surface area contributed by atoms with Crippen LogP contribution in [0.4, 0.5) is 0 Å². The highest BCUT2D eigenvalue weighted by Gasteiger charge is 2.11. The molecule has 1 aromatic heterocycles. The normalized spacial score (nSPS) is 15.1. The Morgan fingerprint density at radius 3 is 2.67 bits per heavy atom. The summed E-state index contributed by atoms with van der Waals surface area (Å²) >= 11 is 3.41. The van der Waals surface area contributed by atoms with Crippen LogP contribution in [0.2, 0.25) is 0 Å². The maximum atomic E-state index is 12.8. The monoisotopic (exact) mass is 428 g/mol. The molecule has 1 N–H and O–H groups in total. The smallest absolute Gasteiger partial charge is 0.200 e. The molecule has 1 saturated heterocycles. The van der Waals surface area contributed by atoms with Crippen molar-refractivity contribution in [1.82, 2.24) is 10.2 Å². The van der Waals surface area contributed by atoms with Crippen LogP contribution in [0.1, 0.15) is 0 Å². The number of nitrogens with one attached hydrogen (secondary N) is 1. The van der Waals surface area contributed by atoms with E-state index in [2.05, 4.69) is 26.1 Å². The minimum atomic E-state index is -0.0362. The highest BCUT2D eigenvalue weighted by atomic mass is 79.9. The van der Waals surface area contributed by atoms with Gasteiger partial charge >= 0.3 is 0 Å². The minimum absolute atomic E-state index is 0.0362. The van der Waals surface area contributed by atoms with E-state index in [1.54, 1.807) is 12.1 Å². The van der Waals surface area contributed by atoms with Crippen LogP contribution in [0, 0.1) is 0 Å². The summed E-state index contributed by atoms with van der Waals surface area (Å²) in [6.07, 6.45) is 1.53. The van der Waals surface area contributed by atoms with Crippen molar-refractivity contribution in [3.8, 4) is 16.9 Å². The predicted molar refractivity (Wildman–Crippen MR) is 110 cm³/mol. The maximum Gasteiger partial charge on any atom is 0.200 e. The Morgan fingerprint density at radius 1 is 1.11 bits per heavy atom. The quantitative estimate of drug-likeness (QED) is 0.673. The van der Waals surface area contributed by atoms with Crippen molar-refractivity contribution < 1.29 is 9.15 Å². The van der Waals surface area contributed by atoms with E-state index < -0.39 is 0 Å². The zero-order valence-electron chi connectivity index (χ0n) is 14.9. The van der Waals surface area contributed by atoms with Crippen LogP contribution >= 0.6 is 15.9 Å². The molecule has 0 saturated carbocycles. The predicted octanol–water partition coefficient (Wildman–Crippen LogP) is 3.51. The van der Waals surface area contributed by atoms with E-state index in [0.29, 0.717) is 23.1 Å². The number of benzene rings is 2. The third-order valence-electron chi connectivity index (χ3n) is 4.79. The molecule has 1 aliphatic heterocycles. The van der Waals surface area contributed by atoms with Crippen molar-refractivity contribution in [2.75, 3.05) is 39.3 Å². The SMILES string of the molecule is O=c1c(-c2ccc(Br)cc2)coc2cc(OCCN3CCNCC3)ccc12. The van der Waals surface area contributed by atoms with Gasteiger partial charge in [-0.05, 0) is 29.8 Å². The van der Waals surface area contributed by atoms with Gasteiger partial charge in [0.15, 0.2) is 5.43 Å². The summed E-state index contributed by atoms with van der Waals surface area (Å²) in [5, 5.41) is 3.90. The molecule has 0 bridgehead atoms. The molecule has 140 valence electrons. The van der Waals surface area contributed by atoms with Crippen molar-refractivity contribution >= 4 is 26.9 Å². The lowest BCUT2D eigenvalue weighted by atomic mass is 10.1. The molecule has 2 aromatic carbocycles. The largest absolute Gasteiger partial charge is 0.492 e. The summed E-state index contributed by atoms with van der Waals surface area (Å²) in [5.41, 5.74) is 1.90. The Hall–Kier alpha value is -2.15. The molecule has 27 heavy (non-hydrogen) atoms. The molecule has 0 amide bonds. The van der Waals surface area contributed by atoms with Crippen LogP contribution in [0.3, 0.4) is 0 Å². The maximum absolute atomic E-state index is 12.8. The average molecular weight is 429 g/mol. The minimum Gasteiger partial charge on any atom is -0.492 e. The fraction of sp³-hybridized carbons (Fsp3) is 0.286. The van der Waals surface area contributed by atoms with Crippen LogP contribution < -0.4 is 15.5 Å². The molecular formula is C21H21BrN2O3. The van der Waals surface area contributed by atoms with Crippen molar-refractivity contribution in [1.29, 1.82) is 0 Å². The van der Waals surface area contributed by atoms with Crippen molar-refractivity contribution in [2.45, 2.75) is 0 Å². The van der Waals surface area contributed by atoms with Gasteiger partial charge in [-0.25, -0.2) is 0 Å². The van der Waals surface area contributed by atoms with Crippen molar-refractivity contribution in [3.05, 3.63) is 63.4 Å². The molecule has 0 unspecified atom stereocenters. The zero-order valence-corrected chi connectivity index (χ0v) is 16.5. The topological polar surface area (TPSA) is 54.7 Å². The first-order chi connectivity index (χ1) is 13.2. The van der Waals surface area contributed by atoms with Gasteiger partial charge in [0.25, 0.3) is 0 Å². The van der Waals surface area contributed by atoms with Gasteiger partial charge in [-0.15, -0.1) is 0 Å². The summed E-state index contributed by atoms with van der Waals surface area (Å²) in [6, 6.07) is 13.0. The number of ether oxygens (including phenoxy) is 1. The molecule has 6 heteroatoms. The van der Waals surface area contributed by atoms with E-state index >= 15 is 0 Å². The first-order valence-corrected chi connectivity index (χ1v) is 9.87. The second kappa shape index (κ2) is 8.25. The lowest BCUT2D eigenvalue weighted by Gasteiger charge is -2.26. The number of halogens is 1. The number of fused-ring (bicyclic) bond motifs is 1. The summed E-state index contributed by atoms with van der Waals surface area (Å²) < 4.78 is 12.6. The molecule has 0 spiro atoms. The Bertz CT molecular complexity index is 979. The molecule has 4 rings (SSSR count). The molecule has 1 fully saturated rings. The lowest BCUT2D eigenvalue weighted by molar-refractivity contribution is 0.191. The molecule has 2 heterocycles. The van der Waals surface area contributed by atoms with E-state index in [1.165, 1.54) is 6.26 Å². The van der Waals surface area contributed by atoms with E-state index in [0.717, 1.165) is 48.5 Å². The Kier molecular flexibility index (Phi) is 5.57. The number of nitrogens with zero attached hydrogens (tertiary/aromatic N) is 1. The highest BCUT2D eigenvalue weighted by molar-refractivity contribution is 9.10. The molecule has 0 radical (unpaired) electrons. The van der Waals surface area contributed by atoms with Gasteiger partial charge in [0.05, 0.1) is 10.9 Å². The molecular weight excluding hydrogens is 408 g/mol. The summed E-state index contributed by atoms with van der Waals surface area (Å²) in [7, 11) is 0. The van der Waals surface area contributed by atoms with Gasteiger partial charge in [-0.1, -0.05) is 28.1 Å². The van der Waals surface area contributed by atoms with Crippen LogP contribution in [-0.4, -0.2) is 44.2 Å². The van der Waals surface area contributed by atoms with Crippen LogP contribution in [0.15, 0.2) is 62.4 Å². The molecule has 1 aliphatic rings. The highest BCUT2D eigenvalue weighted by Crippen LogP contribution is 2.24. The van der Waals surface area contributed by atoms with Crippen molar-refractivity contribution in [3.63, 3.8) is 0 Å². The fourth-order valence-corrected chi connectivity index (χ4v) is 3.52. The van der Waals surface area contributed by atoms with E-state index in [4.69, 9.17) is 9.15 Å². The molecule has 0 atom stereocenters. The van der Waals surface area contributed by atoms with Gasteiger partial charge in [0.1, 0.15) is 24.2 Å². The van der Waals surface area contributed by atoms with Crippen molar-refractivity contribution in [2.24, 2.45) is 0 Å². The van der Waals surface area contributed by atoms with Gasteiger partial charge < -0.3 is 14.5 Å². The van der Waals surface area contributed by atoms with Crippen LogP contribution in [0.5, 0.6) is 5.75 Å². The molecule has 5 nitrogen and oxygen atoms in total. The Labute approximate surface area is 166 Å². The summed E-state index contributed by atoms with van der Waals surface area (Å²) in [5.74, 6) is 0.720. The molecule has 0 aliphatic carbocycles. The van der Waals surface area contributed by atoms with Crippen LogP contribution in [0.25, 0.3) is 22.1 Å². The first kappa shape index (κ1) is 18.2. The van der Waals surface area contributed by atoms with Gasteiger partial charge in [0, 0.05) is 43.3 Å². The number of hydrogen-bond acceptors (Lipinski definition) is 5. The average Bonchev–Trinajstić information content (AvgIpc) is 2.70. The molecule has 3 aromatic rings. The number of piperazine rings is 1. The number of hydrogen-bond donors (Lipinski definition) is 1. The summed E-state index contributed by atoms with van der Waals surface area (Å²) in [6.45, 7) is 5.67.